The van der Waals surface area contributed by atoms with Crippen molar-refractivity contribution >= 4 is 32.7 Å². The van der Waals surface area contributed by atoms with Crippen LogP contribution in [-0.4, -0.2) is 50.7 Å². The fourth-order valence-electron chi connectivity index (χ4n) is 4.05. The number of aliphatic hydroxyl groups is 1. The Balaban J connectivity index is 1.55. The summed E-state index contributed by atoms with van der Waals surface area (Å²) < 4.78 is 0.927. The van der Waals surface area contributed by atoms with Crippen LogP contribution in [0.4, 0.5) is 9.93 Å². The zero-order chi connectivity index (χ0) is 23.5. The molecule has 174 valence electrons. The highest BCUT2D eigenvalue weighted by Crippen LogP contribution is 2.38. The van der Waals surface area contributed by atoms with Crippen LogP contribution in [0.1, 0.15) is 25.6 Å². The third kappa shape index (κ3) is 4.47. The Morgan fingerprint density at radius 3 is 2.65 bits per heavy atom. The Kier molecular flexibility index (Phi) is 6.18. The van der Waals surface area contributed by atoms with Crippen LogP contribution >= 0.6 is 11.3 Å². The number of hydrogen-bond acceptors (Lipinski definition) is 8. The van der Waals surface area contributed by atoms with Gasteiger partial charge in [-0.15, -0.1) is 0 Å². The van der Waals surface area contributed by atoms with Gasteiger partial charge in [-0.25, -0.2) is 19.7 Å². The highest BCUT2D eigenvalue weighted by Gasteiger charge is 2.34. The Morgan fingerprint density at radius 1 is 1.15 bits per heavy atom. The van der Waals surface area contributed by atoms with E-state index in [1.54, 1.807) is 18.6 Å². The van der Waals surface area contributed by atoms with Crippen LogP contribution in [0, 0.1) is 0 Å². The second-order valence-corrected chi connectivity index (χ2v) is 9.17. The van der Waals surface area contributed by atoms with Gasteiger partial charge in [-0.3, -0.25) is 10.3 Å². The number of carbonyl (C=O) groups is 1. The molecule has 4 N–H and O–H groups in total. The van der Waals surface area contributed by atoms with E-state index in [0.717, 1.165) is 45.7 Å². The summed E-state index contributed by atoms with van der Waals surface area (Å²) in [6.07, 6.45) is 6.41. The number of anilines is 1. The number of thiazole rings is 1. The van der Waals surface area contributed by atoms with Crippen molar-refractivity contribution in [2.75, 3.05) is 25.0 Å². The van der Waals surface area contributed by atoms with Gasteiger partial charge in [-0.2, -0.15) is 0 Å². The predicted molar refractivity (Wildman–Crippen MR) is 133 cm³/mol. The standard InChI is InChI=1S/C24H25N7O2S/c1-2-26-22(32)31-23-30-19-12-15(11-17(20(19)34-23)18-5-3-4-8-27-18)16-13-28-21(29-14-16)24(33)6-9-25-10-7-24/h3-5,8,11-14,25,33H,2,6-7,9-10H2,1H3,(H2,26,30,31,32). The first-order valence-corrected chi connectivity index (χ1v) is 12.0. The molecule has 1 fully saturated rings. The maximum Gasteiger partial charge on any atom is 0.321 e. The fraction of sp³-hybridized carbons (Fsp3) is 0.292. The third-order valence-electron chi connectivity index (χ3n) is 5.82. The maximum absolute atomic E-state index is 12.0. The van der Waals surface area contributed by atoms with E-state index >= 15 is 0 Å². The van der Waals surface area contributed by atoms with Crippen molar-refractivity contribution in [1.29, 1.82) is 0 Å². The number of nitrogens with zero attached hydrogens (tertiary/aromatic N) is 4. The van der Waals surface area contributed by atoms with Gasteiger partial charge in [0, 0.05) is 36.3 Å². The summed E-state index contributed by atoms with van der Waals surface area (Å²) >= 11 is 1.40. The molecule has 0 spiro atoms. The molecule has 1 aliphatic heterocycles. The van der Waals surface area contributed by atoms with Crippen molar-refractivity contribution in [3.8, 4) is 22.4 Å². The van der Waals surface area contributed by atoms with E-state index in [-0.39, 0.29) is 6.03 Å². The van der Waals surface area contributed by atoms with E-state index in [0.29, 0.717) is 30.3 Å². The zero-order valence-electron chi connectivity index (χ0n) is 18.7. The Morgan fingerprint density at radius 2 is 1.94 bits per heavy atom. The van der Waals surface area contributed by atoms with Crippen LogP contribution < -0.4 is 16.0 Å². The summed E-state index contributed by atoms with van der Waals surface area (Å²) in [5, 5.41) is 20.2. The van der Waals surface area contributed by atoms with E-state index in [4.69, 9.17) is 0 Å². The smallest absolute Gasteiger partial charge is 0.321 e. The van der Waals surface area contributed by atoms with Gasteiger partial charge < -0.3 is 15.7 Å². The number of aromatic nitrogens is 4. The molecule has 34 heavy (non-hydrogen) atoms. The topological polar surface area (TPSA) is 125 Å². The lowest BCUT2D eigenvalue weighted by atomic mass is 9.91. The third-order valence-corrected chi connectivity index (χ3v) is 6.84. The average Bonchev–Trinajstić information content (AvgIpc) is 3.27. The molecule has 2 amide bonds. The van der Waals surface area contributed by atoms with Crippen LogP contribution in [0.15, 0.2) is 48.9 Å². The molecule has 1 aromatic carbocycles. The molecule has 0 bridgehead atoms. The number of nitrogens with one attached hydrogen (secondary N) is 3. The molecule has 0 radical (unpaired) electrons. The lowest BCUT2D eigenvalue weighted by molar-refractivity contribution is -0.00250. The average molecular weight is 476 g/mol. The number of pyridine rings is 1. The second-order valence-electron chi connectivity index (χ2n) is 8.17. The Bertz CT molecular complexity index is 1300. The van der Waals surface area contributed by atoms with E-state index in [1.807, 2.05) is 37.3 Å². The lowest BCUT2D eigenvalue weighted by Crippen LogP contribution is -2.40. The van der Waals surface area contributed by atoms with Gasteiger partial charge in [-0.1, -0.05) is 17.4 Å². The van der Waals surface area contributed by atoms with Crippen LogP contribution in [0.5, 0.6) is 0 Å². The largest absolute Gasteiger partial charge is 0.382 e. The molecule has 10 heteroatoms. The quantitative estimate of drug-likeness (QED) is 0.348. The highest BCUT2D eigenvalue weighted by atomic mass is 32.1. The number of urea groups is 1. The van der Waals surface area contributed by atoms with E-state index in [2.05, 4.69) is 35.9 Å². The lowest BCUT2D eigenvalue weighted by Gasteiger charge is -2.30. The molecular weight excluding hydrogens is 450 g/mol. The maximum atomic E-state index is 12.0. The second kappa shape index (κ2) is 9.41. The summed E-state index contributed by atoms with van der Waals surface area (Å²) in [6, 6.07) is 9.46. The monoisotopic (exact) mass is 475 g/mol. The van der Waals surface area contributed by atoms with Gasteiger partial charge >= 0.3 is 6.03 Å². The summed E-state index contributed by atoms with van der Waals surface area (Å²) in [7, 11) is 0. The molecule has 0 aliphatic carbocycles. The van der Waals surface area contributed by atoms with Gasteiger partial charge in [0.05, 0.1) is 15.9 Å². The van der Waals surface area contributed by atoms with Crippen molar-refractivity contribution in [3.63, 3.8) is 0 Å². The molecule has 4 aromatic rings. The number of fused-ring (bicyclic) bond motifs is 1. The molecule has 3 aromatic heterocycles. The van der Waals surface area contributed by atoms with E-state index in [9.17, 15) is 9.90 Å². The summed E-state index contributed by atoms with van der Waals surface area (Å²) in [5.41, 5.74) is 3.16. The minimum atomic E-state index is -0.999. The van der Waals surface area contributed by atoms with Crippen molar-refractivity contribution < 1.29 is 9.90 Å². The van der Waals surface area contributed by atoms with Crippen LogP contribution in [0.3, 0.4) is 0 Å². The fourth-order valence-corrected chi connectivity index (χ4v) is 5.01. The van der Waals surface area contributed by atoms with E-state index in [1.165, 1.54) is 11.3 Å². The van der Waals surface area contributed by atoms with Crippen molar-refractivity contribution in [3.05, 3.63) is 54.7 Å². The van der Waals surface area contributed by atoms with Gasteiger partial charge in [0.2, 0.25) is 0 Å². The van der Waals surface area contributed by atoms with Crippen molar-refractivity contribution in [2.45, 2.75) is 25.4 Å². The van der Waals surface area contributed by atoms with Crippen LogP contribution in [0.2, 0.25) is 0 Å². The normalized spacial score (nSPS) is 15.2. The van der Waals surface area contributed by atoms with Crippen molar-refractivity contribution in [2.24, 2.45) is 0 Å². The molecule has 9 nitrogen and oxygen atoms in total. The van der Waals surface area contributed by atoms with Crippen LogP contribution in [0.25, 0.3) is 32.6 Å². The molecular formula is C24H25N7O2S. The molecule has 0 saturated carbocycles. The Hall–Kier alpha value is -3.47. The summed E-state index contributed by atoms with van der Waals surface area (Å²) in [4.78, 5) is 30.2. The molecule has 1 aliphatic rings. The Labute approximate surface area is 200 Å². The first-order chi connectivity index (χ1) is 16.6. The first kappa shape index (κ1) is 22.3. The van der Waals surface area contributed by atoms with Crippen molar-refractivity contribution in [1.82, 2.24) is 30.6 Å². The zero-order valence-corrected chi connectivity index (χ0v) is 19.5. The number of amides is 2. The number of benzene rings is 1. The molecule has 0 atom stereocenters. The van der Waals surface area contributed by atoms with E-state index < -0.39 is 5.60 Å². The summed E-state index contributed by atoms with van der Waals surface area (Å²) in [6.45, 7) is 3.87. The SMILES string of the molecule is CCNC(=O)Nc1nc2cc(-c3cnc(C4(O)CCNCC4)nc3)cc(-c3ccccn3)c2s1. The molecule has 0 unspecified atom stereocenters. The number of hydrogen-bond donors (Lipinski definition) is 4. The van der Waals surface area contributed by atoms with Gasteiger partial charge in [0.25, 0.3) is 0 Å². The molecule has 4 heterocycles. The number of rotatable bonds is 5. The van der Waals surface area contributed by atoms with Gasteiger partial charge in [-0.05, 0) is 62.7 Å². The molecule has 5 rings (SSSR count). The number of carbonyl (C=O) groups excluding carboxylic acids is 1. The van der Waals surface area contributed by atoms with Gasteiger partial charge in [0.15, 0.2) is 11.0 Å². The highest BCUT2D eigenvalue weighted by molar-refractivity contribution is 7.22. The molecule has 1 saturated heterocycles. The predicted octanol–water partition coefficient (Wildman–Crippen LogP) is 3.53. The number of piperidine rings is 1. The minimum absolute atomic E-state index is 0.291. The van der Waals surface area contributed by atoms with Gasteiger partial charge in [0.1, 0.15) is 5.60 Å². The van der Waals surface area contributed by atoms with Crippen LogP contribution in [-0.2, 0) is 5.60 Å². The minimum Gasteiger partial charge on any atom is -0.382 e. The summed E-state index contributed by atoms with van der Waals surface area (Å²) in [5.74, 6) is 0.450. The first-order valence-electron chi connectivity index (χ1n) is 11.2.